The third-order valence-corrected chi connectivity index (χ3v) is 3.09. The van der Waals surface area contributed by atoms with Gasteiger partial charge in [0.05, 0.1) is 5.71 Å². The standard InChI is InChI=1S/C16H31NO2/c1-6-7-11-14(2)17-19-13-10-8-9-12-15(18)16(3,4)5/h6-13H2,1-5H3/b17-14+. The molecule has 0 aromatic heterocycles. The molecule has 0 amide bonds. The number of oxime groups is 1. The summed E-state index contributed by atoms with van der Waals surface area (Å²) in [7, 11) is 0. The highest BCUT2D eigenvalue weighted by atomic mass is 16.6. The normalized spacial score (nSPS) is 12.6. The van der Waals surface area contributed by atoms with Crippen molar-refractivity contribution in [2.75, 3.05) is 6.61 Å². The number of hydrogen-bond donors (Lipinski definition) is 0. The molecule has 0 aliphatic rings. The molecule has 0 bridgehead atoms. The van der Waals surface area contributed by atoms with Crippen molar-refractivity contribution in [3.05, 3.63) is 0 Å². The smallest absolute Gasteiger partial charge is 0.138 e. The van der Waals surface area contributed by atoms with Crippen LogP contribution in [0.4, 0.5) is 0 Å². The highest BCUT2D eigenvalue weighted by Crippen LogP contribution is 2.18. The predicted octanol–water partition coefficient (Wildman–Crippen LogP) is 4.74. The molecule has 0 saturated carbocycles. The van der Waals surface area contributed by atoms with E-state index >= 15 is 0 Å². The molecule has 0 rings (SSSR count). The van der Waals surface area contributed by atoms with Gasteiger partial charge in [-0.05, 0) is 39.0 Å². The highest BCUT2D eigenvalue weighted by Gasteiger charge is 2.19. The summed E-state index contributed by atoms with van der Waals surface area (Å²) < 4.78 is 0. The molecule has 0 aliphatic heterocycles. The van der Waals surface area contributed by atoms with Crippen LogP contribution in [0.5, 0.6) is 0 Å². The molecule has 3 heteroatoms. The van der Waals surface area contributed by atoms with E-state index in [1.807, 2.05) is 27.7 Å². The van der Waals surface area contributed by atoms with Crippen molar-refractivity contribution >= 4 is 11.5 Å². The van der Waals surface area contributed by atoms with Crippen LogP contribution in [0.1, 0.15) is 79.6 Å². The number of Topliss-reactive ketones (excluding diaryl/α,β-unsaturated/α-hetero) is 1. The lowest BCUT2D eigenvalue weighted by Gasteiger charge is -2.15. The summed E-state index contributed by atoms with van der Waals surface area (Å²) in [5.41, 5.74) is 0.877. The van der Waals surface area contributed by atoms with Crippen molar-refractivity contribution in [2.24, 2.45) is 10.6 Å². The van der Waals surface area contributed by atoms with E-state index in [2.05, 4.69) is 12.1 Å². The second kappa shape index (κ2) is 9.99. The fourth-order valence-electron chi connectivity index (χ4n) is 1.64. The lowest BCUT2D eigenvalue weighted by atomic mass is 9.88. The zero-order valence-electron chi connectivity index (χ0n) is 13.4. The summed E-state index contributed by atoms with van der Waals surface area (Å²) in [5.74, 6) is 0.349. The van der Waals surface area contributed by atoms with E-state index in [9.17, 15) is 4.79 Å². The van der Waals surface area contributed by atoms with E-state index in [0.717, 1.165) is 31.4 Å². The van der Waals surface area contributed by atoms with Crippen molar-refractivity contribution in [3.63, 3.8) is 0 Å². The zero-order valence-corrected chi connectivity index (χ0v) is 13.4. The van der Waals surface area contributed by atoms with Gasteiger partial charge in [-0.25, -0.2) is 0 Å². The Morgan fingerprint density at radius 2 is 1.74 bits per heavy atom. The average Bonchev–Trinajstić information content (AvgIpc) is 2.33. The van der Waals surface area contributed by atoms with Gasteiger partial charge in [0.2, 0.25) is 0 Å². The number of unbranched alkanes of at least 4 members (excludes halogenated alkanes) is 3. The molecule has 0 unspecified atom stereocenters. The van der Waals surface area contributed by atoms with Gasteiger partial charge in [-0.3, -0.25) is 4.79 Å². The Kier molecular flexibility index (Phi) is 9.54. The first kappa shape index (κ1) is 18.1. The number of carbonyl (C=O) groups is 1. The van der Waals surface area contributed by atoms with Gasteiger partial charge in [0.1, 0.15) is 12.4 Å². The Hall–Kier alpha value is -0.860. The molecular weight excluding hydrogens is 238 g/mol. The maximum Gasteiger partial charge on any atom is 0.138 e. The monoisotopic (exact) mass is 269 g/mol. The van der Waals surface area contributed by atoms with Gasteiger partial charge >= 0.3 is 0 Å². The molecule has 0 aromatic rings. The van der Waals surface area contributed by atoms with E-state index in [1.54, 1.807) is 0 Å². The van der Waals surface area contributed by atoms with Crippen LogP contribution in [0.25, 0.3) is 0 Å². The van der Waals surface area contributed by atoms with Gasteiger partial charge in [0.15, 0.2) is 0 Å². The Morgan fingerprint density at radius 3 is 2.32 bits per heavy atom. The fraction of sp³-hybridized carbons (Fsp3) is 0.875. The minimum Gasteiger partial charge on any atom is -0.396 e. The minimum absolute atomic E-state index is 0.197. The van der Waals surface area contributed by atoms with Crippen molar-refractivity contribution in [1.29, 1.82) is 0 Å². The maximum atomic E-state index is 11.7. The van der Waals surface area contributed by atoms with Crippen LogP contribution in [-0.4, -0.2) is 18.1 Å². The van der Waals surface area contributed by atoms with E-state index in [4.69, 9.17) is 4.84 Å². The van der Waals surface area contributed by atoms with E-state index in [1.165, 1.54) is 12.8 Å². The topological polar surface area (TPSA) is 38.7 Å². The van der Waals surface area contributed by atoms with Crippen LogP contribution >= 0.6 is 0 Å². The first-order valence-corrected chi connectivity index (χ1v) is 7.56. The fourth-order valence-corrected chi connectivity index (χ4v) is 1.64. The van der Waals surface area contributed by atoms with Gasteiger partial charge in [-0.15, -0.1) is 0 Å². The Balaban J connectivity index is 3.49. The van der Waals surface area contributed by atoms with Crippen LogP contribution in [0.2, 0.25) is 0 Å². The number of hydrogen-bond acceptors (Lipinski definition) is 3. The Bertz CT molecular complexity index is 277. The third kappa shape index (κ3) is 10.7. The highest BCUT2D eigenvalue weighted by molar-refractivity contribution is 5.83. The lowest BCUT2D eigenvalue weighted by Crippen LogP contribution is -2.19. The van der Waals surface area contributed by atoms with E-state index < -0.39 is 0 Å². The van der Waals surface area contributed by atoms with E-state index in [-0.39, 0.29) is 5.41 Å². The predicted molar refractivity (Wildman–Crippen MR) is 81.5 cm³/mol. The molecule has 0 heterocycles. The van der Waals surface area contributed by atoms with E-state index in [0.29, 0.717) is 18.8 Å². The number of carbonyl (C=O) groups excluding carboxylic acids is 1. The first-order chi connectivity index (χ1) is 8.88. The van der Waals surface area contributed by atoms with Crippen molar-refractivity contribution in [1.82, 2.24) is 0 Å². The van der Waals surface area contributed by atoms with Gasteiger partial charge in [-0.1, -0.05) is 39.3 Å². The maximum absolute atomic E-state index is 11.7. The molecule has 0 aliphatic carbocycles. The SMILES string of the molecule is CCCC/C(C)=N/OCCCCCC(=O)C(C)(C)C. The molecular formula is C16H31NO2. The largest absolute Gasteiger partial charge is 0.396 e. The second-order valence-electron chi connectivity index (χ2n) is 6.25. The molecule has 112 valence electrons. The van der Waals surface area contributed by atoms with Crippen LogP contribution in [0.15, 0.2) is 5.16 Å². The second-order valence-corrected chi connectivity index (χ2v) is 6.25. The number of rotatable bonds is 10. The summed E-state index contributed by atoms with van der Waals surface area (Å²) in [6.45, 7) is 10.8. The molecule has 0 spiro atoms. The molecule has 0 saturated heterocycles. The minimum atomic E-state index is -0.197. The van der Waals surface area contributed by atoms with Crippen molar-refractivity contribution in [2.45, 2.75) is 79.6 Å². The molecule has 19 heavy (non-hydrogen) atoms. The molecule has 0 aromatic carbocycles. The summed E-state index contributed by atoms with van der Waals surface area (Å²) in [6, 6.07) is 0. The third-order valence-electron chi connectivity index (χ3n) is 3.09. The van der Waals surface area contributed by atoms with Crippen LogP contribution in [0, 0.1) is 5.41 Å². The summed E-state index contributed by atoms with van der Waals surface area (Å²) >= 11 is 0. The summed E-state index contributed by atoms with van der Waals surface area (Å²) in [6.07, 6.45) is 7.03. The van der Waals surface area contributed by atoms with Crippen molar-refractivity contribution < 1.29 is 9.63 Å². The summed E-state index contributed by atoms with van der Waals surface area (Å²) in [5, 5.41) is 4.08. The van der Waals surface area contributed by atoms with Gasteiger partial charge in [0.25, 0.3) is 0 Å². The van der Waals surface area contributed by atoms with Gasteiger partial charge < -0.3 is 4.84 Å². The van der Waals surface area contributed by atoms with Crippen LogP contribution < -0.4 is 0 Å². The zero-order chi connectivity index (χ0) is 14.7. The number of nitrogens with zero attached hydrogens (tertiary/aromatic N) is 1. The Labute approximate surface area is 118 Å². The Morgan fingerprint density at radius 1 is 1.05 bits per heavy atom. The van der Waals surface area contributed by atoms with Crippen molar-refractivity contribution in [3.8, 4) is 0 Å². The van der Waals surface area contributed by atoms with Gasteiger partial charge in [0, 0.05) is 11.8 Å². The molecule has 0 fully saturated rings. The molecule has 3 nitrogen and oxygen atoms in total. The summed E-state index contributed by atoms with van der Waals surface area (Å²) in [4.78, 5) is 17.0. The molecule has 0 N–H and O–H groups in total. The molecule has 0 atom stereocenters. The van der Waals surface area contributed by atoms with Gasteiger partial charge in [-0.2, -0.15) is 0 Å². The average molecular weight is 269 g/mol. The van der Waals surface area contributed by atoms with Crippen LogP contribution in [0.3, 0.4) is 0 Å². The molecule has 0 radical (unpaired) electrons. The first-order valence-electron chi connectivity index (χ1n) is 7.56. The lowest BCUT2D eigenvalue weighted by molar-refractivity contribution is -0.126. The van der Waals surface area contributed by atoms with Crippen LogP contribution in [-0.2, 0) is 9.63 Å². The number of ketones is 1. The quantitative estimate of drug-likeness (QED) is 0.326.